The maximum atomic E-state index is 11.7. The minimum Gasteiger partial charge on any atom is -0.383 e. The third-order valence-electron chi connectivity index (χ3n) is 2.14. The third kappa shape index (κ3) is 2.03. The molecule has 2 aromatic rings. The van der Waals surface area contributed by atoms with Gasteiger partial charge in [-0.25, -0.2) is 4.98 Å². The minimum absolute atomic E-state index is 0.237. The highest BCUT2D eigenvalue weighted by atomic mass is 32.1. The van der Waals surface area contributed by atoms with Crippen molar-refractivity contribution in [3.63, 3.8) is 0 Å². The number of hydrogen-bond acceptors (Lipinski definition) is 5. The molecule has 0 aliphatic heterocycles. The van der Waals surface area contributed by atoms with Crippen LogP contribution in [0.15, 0.2) is 17.1 Å². The molecule has 0 aromatic carbocycles. The molecule has 0 saturated carbocycles. The molecule has 6 nitrogen and oxygen atoms in total. The molecule has 0 radical (unpaired) electrons. The van der Waals surface area contributed by atoms with Gasteiger partial charge in [-0.05, 0) is 0 Å². The van der Waals surface area contributed by atoms with Crippen molar-refractivity contribution in [2.75, 3.05) is 5.73 Å². The highest BCUT2D eigenvalue weighted by Gasteiger charge is 2.13. The second-order valence-corrected chi connectivity index (χ2v) is 3.95. The molecule has 3 N–H and O–H groups in total. The molecule has 84 valence electrons. The summed E-state index contributed by atoms with van der Waals surface area (Å²) in [6.45, 7) is 0.399. The molecule has 0 aliphatic carbocycles. The number of nitrogens with one attached hydrogen (secondary N) is 1. The second-order valence-electron chi connectivity index (χ2n) is 3.23. The Kier molecular flexibility index (Phi) is 2.86. The van der Waals surface area contributed by atoms with E-state index < -0.39 is 0 Å². The number of nitrogens with zero attached hydrogens (tertiary/aromatic N) is 3. The molecule has 0 aliphatic rings. The molecule has 16 heavy (non-hydrogen) atoms. The van der Waals surface area contributed by atoms with Crippen molar-refractivity contribution in [3.8, 4) is 0 Å². The highest BCUT2D eigenvalue weighted by Crippen LogP contribution is 2.09. The smallest absolute Gasteiger partial charge is 0.256 e. The van der Waals surface area contributed by atoms with Crippen LogP contribution in [0.4, 0.5) is 5.82 Å². The Balaban J connectivity index is 2.01. The Morgan fingerprint density at radius 2 is 2.50 bits per heavy atom. The van der Waals surface area contributed by atoms with Crippen LogP contribution < -0.4 is 11.1 Å². The van der Waals surface area contributed by atoms with Gasteiger partial charge in [-0.15, -0.1) is 11.3 Å². The van der Waals surface area contributed by atoms with Crippen LogP contribution in [0, 0.1) is 0 Å². The van der Waals surface area contributed by atoms with Crippen molar-refractivity contribution in [2.24, 2.45) is 7.05 Å². The van der Waals surface area contributed by atoms with Gasteiger partial charge in [0.25, 0.3) is 5.91 Å². The van der Waals surface area contributed by atoms with Gasteiger partial charge in [0.05, 0.1) is 23.9 Å². The molecule has 0 saturated heterocycles. The van der Waals surface area contributed by atoms with Gasteiger partial charge in [-0.3, -0.25) is 9.48 Å². The lowest BCUT2D eigenvalue weighted by Crippen LogP contribution is -2.23. The molecular formula is C9H11N5OS. The highest BCUT2D eigenvalue weighted by molar-refractivity contribution is 7.07. The Hall–Kier alpha value is -1.89. The third-order valence-corrected chi connectivity index (χ3v) is 2.78. The normalized spacial score (nSPS) is 10.3. The lowest BCUT2D eigenvalue weighted by molar-refractivity contribution is 0.0951. The summed E-state index contributed by atoms with van der Waals surface area (Å²) in [4.78, 5) is 15.8. The van der Waals surface area contributed by atoms with Gasteiger partial charge >= 0.3 is 0 Å². The fraction of sp³-hybridized carbons (Fsp3) is 0.222. The van der Waals surface area contributed by atoms with Gasteiger partial charge in [-0.2, -0.15) is 5.10 Å². The quantitative estimate of drug-likeness (QED) is 0.808. The van der Waals surface area contributed by atoms with Crippen molar-refractivity contribution in [1.82, 2.24) is 20.1 Å². The number of thiazole rings is 1. The first-order valence-corrected chi connectivity index (χ1v) is 5.55. The molecular weight excluding hydrogens is 226 g/mol. The monoisotopic (exact) mass is 237 g/mol. The first-order chi connectivity index (χ1) is 7.68. The van der Waals surface area contributed by atoms with E-state index in [9.17, 15) is 4.79 Å². The lowest BCUT2D eigenvalue weighted by Gasteiger charge is -2.02. The first kappa shape index (κ1) is 10.6. The molecule has 0 fully saturated rings. The molecule has 0 unspecified atom stereocenters. The number of amides is 1. The fourth-order valence-corrected chi connectivity index (χ4v) is 1.77. The van der Waals surface area contributed by atoms with Crippen LogP contribution >= 0.6 is 11.3 Å². The standard InChI is InChI=1S/C9H11N5OS/c1-14-8(10)7(3-13-14)9(15)11-2-6-4-16-5-12-6/h3-5H,2,10H2,1H3,(H,11,15). The van der Waals surface area contributed by atoms with Crippen LogP contribution in [0.2, 0.25) is 0 Å². The van der Waals surface area contributed by atoms with Gasteiger partial charge in [-0.1, -0.05) is 0 Å². The van der Waals surface area contributed by atoms with Crippen molar-refractivity contribution >= 4 is 23.1 Å². The number of aromatic nitrogens is 3. The van der Waals surface area contributed by atoms with E-state index in [1.807, 2.05) is 5.38 Å². The Bertz CT molecular complexity index is 490. The van der Waals surface area contributed by atoms with Gasteiger partial charge in [0.15, 0.2) is 0 Å². The van der Waals surface area contributed by atoms with Crippen molar-refractivity contribution in [1.29, 1.82) is 0 Å². The van der Waals surface area contributed by atoms with Crippen molar-refractivity contribution in [3.05, 3.63) is 28.3 Å². The number of rotatable bonds is 3. The van der Waals surface area contributed by atoms with E-state index in [1.165, 1.54) is 22.2 Å². The zero-order valence-electron chi connectivity index (χ0n) is 8.67. The molecule has 0 bridgehead atoms. The molecule has 2 heterocycles. The molecule has 1 amide bonds. The fourth-order valence-electron chi connectivity index (χ4n) is 1.21. The summed E-state index contributed by atoms with van der Waals surface area (Å²) in [6, 6.07) is 0. The number of anilines is 1. The largest absolute Gasteiger partial charge is 0.383 e. The zero-order valence-corrected chi connectivity index (χ0v) is 9.49. The average molecular weight is 237 g/mol. The number of hydrogen-bond donors (Lipinski definition) is 2. The Morgan fingerprint density at radius 3 is 3.06 bits per heavy atom. The Morgan fingerprint density at radius 1 is 1.69 bits per heavy atom. The van der Waals surface area contributed by atoms with Crippen molar-refractivity contribution in [2.45, 2.75) is 6.54 Å². The molecule has 2 rings (SSSR count). The average Bonchev–Trinajstić information content (AvgIpc) is 2.88. The predicted octanol–water partition coefficient (Wildman–Crippen LogP) is 0.389. The van der Waals surface area contributed by atoms with Crippen LogP contribution in [0.3, 0.4) is 0 Å². The number of carbonyl (C=O) groups is 1. The zero-order chi connectivity index (χ0) is 11.5. The van der Waals surface area contributed by atoms with Crippen LogP contribution in [-0.2, 0) is 13.6 Å². The second kappa shape index (κ2) is 4.31. The van der Waals surface area contributed by atoms with E-state index in [-0.39, 0.29) is 5.91 Å². The topological polar surface area (TPSA) is 85.8 Å². The predicted molar refractivity (Wildman–Crippen MR) is 60.9 cm³/mol. The minimum atomic E-state index is -0.237. The van der Waals surface area contributed by atoms with Crippen LogP contribution in [-0.4, -0.2) is 20.7 Å². The summed E-state index contributed by atoms with van der Waals surface area (Å²) in [5, 5.41) is 8.51. The maximum Gasteiger partial charge on any atom is 0.256 e. The van der Waals surface area contributed by atoms with E-state index in [0.717, 1.165) is 5.69 Å². The Labute approximate surface area is 96.1 Å². The van der Waals surface area contributed by atoms with Crippen molar-refractivity contribution < 1.29 is 4.79 Å². The summed E-state index contributed by atoms with van der Waals surface area (Å²) >= 11 is 1.49. The van der Waals surface area contributed by atoms with Crippen LogP contribution in [0.5, 0.6) is 0 Å². The molecule has 7 heteroatoms. The molecule has 0 atom stereocenters. The summed E-state index contributed by atoms with van der Waals surface area (Å²) in [5.74, 6) is 0.120. The number of carbonyl (C=O) groups excluding carboxylic acids is 1. The number of nitrogens with two attached hydrogens (primary N) is 1. The molecule has 2 aromatic heterocycles. The van der Waals surface area contributed by atoms with Gasteiger partial charge < -0.3 is 11.1 Å². The van der Waals surface area contributed by atoms with E-state index in [1.54, 1.807) is 12.6 Å². The summed E-state index contributed by atoms with van der Waals surface area (Å²) in [6.07, 6.45) is 1.45. The van der Waals surface area contributed by atoms with Gasteiger partial charge in [0.1, 0.15) is 11.4 Å². The van der Waals surface area contributed by atoms with Crippen LogP contribution in [0.25, 0.3) is 0 Å². The number of nitrogen functional groups attached to an aromatic ring is 1. The lowest BCUT2D eigenvalue weighted by atomic mass is 10.3. The van der Waals surface area contributed by atoms with E-state index in [2.05, 4.69) is 15.4 Å². The SMILES string of the molecule is Cn1ncc(C(=O)NCc2cscn2)c1N. The maximum absolute atomic E-state index is 11.7. The summed E-state index contributed by atoms with van der Waals surface area (Å²) in [7, 11) is 1.69. The summed E-state index contributed by atoms with van der Waals surface area (Å²) < 4.78 is 1.46. The van der Waals surface area contributed by atoms with E-state index in [4.69, 9.17) is 5.73 Å². The van der Waals surface area contributed by atoms with Gasteiger partial charge in [0.2, 0.25) is 0 Å². The summed E-state index contributed by atoms with van der Waals surface area (Å²) in [5.41, 5.74) is 8.62. The first-order valence-electron chi connectivity index (χ1n) is 4.61. The van der Waals surface area contributed by atoms with Gasteiger partial charge in [0, 0.05) is 12.4 Å². The van der Waals surface area contributed by atoms with E-state index >= 15 is 0 Å². The van der Waals surface area contributed by atoms with E-state index in [0.29, 0.717) is 17.9 Å². The molecule has 0 spiro atoms. The van der Waals surface area contributed by atoms with Crippen LogP contribution in [0.1, 0.15) is 16.1 Å². The number of aryl methyl sites for hydroxylation is 1.